The average Bonchev–Trinajstić information content (AvgIpc) is 2.45. The molecule has 0 aliphatic heterocycles. The van der Waals surface area contributed by atoms with Gasteiger partial charge in [0.25, 0.3) is 0 Å². The van der Waals surface area contributed by atoms with Gasteiger partial charge in [0.1, 0.15) is 11.6 Å². The molecule has 3 N–H and O–H groups in total. The van der Waals surface area contributed by atoms with Gasteiger partial charge in [-0.2, -0.15) is 0 Å². The Hall–Kier alpha value is -1.98. The van der Waals surface area contributed by atoms with Gasteiger partial charge in [-0.25, -0.2) is 4.39 Å². The van der Waals surface area contributed by atoms with Gasteiger partial charge in [0.05, 0.1) is 18.8 Å². The summed E-state index contributed by atoms with van der Waals surface area (Å²) in [6, 6.07) is 8.22. The summed E-state index contributed by atoms with van der Waals surface area (Å²) in [5.74, 6) is 6.05. The van der Waals surface area contributed by atoms with Crippen molar-refractivity contribution >= 4 is 0 Å². The van der Waals surface area contributed by atoms with E-state index in [1.165, 1.54) is 12.1 Å². The summed E-state index contributed by atoms with van der Waals surface area (Å²) < 4.78 is 18.6. The van der Waals surface area contributed by atoms with Crippen molar-refractivity contribution < 1.29 is 9.13 Å². The zero-order chi connectivity index (χ0) is 14.4. The fourth-order valence-corrected chi connectivity index (χ4v) is 2.04. The van der Waals surface area contributed by atoms with E-state index in [2.05, 4.69) is 10.4 Å². The van der Waals surface area contributed by atoms with Crippen molar-refractivity contribution in [1.29, 1.82) is 0 Å². The molecule has 4 nitrogen and oxygen atoms in total. The Kier molecular flexibility index (Phi) is 5.03. The molecule has 2 rings (SSSR count). The van der Waals surface area contributed by atoms with Crippen molar-refractivity contribution in [2.45, 2.75) is 19.4 Å². The molecule has 2 aromatic rings. The second-order valence-electron chi connectivity index (χ2n) is 4.44. The minimum absolute atomic E-state index is 0.148. The predicted octanol–water partition coefficient (Wildman–Crippen LogP) is 2.37. The molecule has 0 fully saturated rings. The summed E-state index contributed by atoms with van der Waals surface area (Å²) in [5, 5.41) is 0. The minimum atomic E-state index is -0.250. The van der Waals surface area contributed by atoms with Crippen LogP contribution in [-0.2, 0) is 6.42 Å². The van der Waals surface area contributed by atoms with Crippen molar-refractivity contribution in [3.05, 3.63) is 59.7 Å². The van der Waals surface area contributed by atoms with Gasteiger partial charge >= 0.3 is 0 Å². The third kappa shape index (κ3) is 3.76. The first-order chi connectivity index (χ1) is 9.72. The lowest BCUT2D eigenvalue weighted by Crippen LogP contribution is -2.29. The van der Waals surface area contributed by atoms with Gasteiger partial charge in [-0.3, -0.25) is 16.3 Å². The topological polar surface area (TPSA) is 60.2 Å². The molecule has 106 valence electrons. The van der Waals surface area contributed by atoms with E-state index in [0.29, 0.717) is 18.8 Å². The summed E-state index contributed by atoms with van der Waals surface area (Å²) in [4.78, 5) is 4.14. The summed E-state index contributed by atoms with van der Waals surface area (Å²) in [6.07, 6.45) is 3.96. The molecule has 1 unspecified atom stereocenters. The van der Waals surface area contributed by atoms with Crippen LogP contribution in [0.1, 0.15) is 24.1 Å². The van der Waals surface area contributed by atoms with E-state index in [0.717, 1.165) is 11.1 Å². The zero-order valence-corrected chi connectivity index (χ0v) is 11.3. The zero-order valence-electron chi connectivity index (χ0n) is 11.3. The first kappa shape index (κ1) is 14.4. The van der Waals surface area contributed by atoms with Gasteiger partial charge in [-0.05, 0) is 42.7 Å². The number of hydrogen-bond donors (Lipinski definition) is 2. The second kappa shape index (κ2) is 6.98. The van der Waals surface area contributed by atoms with E-state index in [4.69, 9.17) is 10.6 Å². The van der Waals surface area contributed by atoms with Gasteiger partial charge in [-0.15, -0.1) is 0 Å². The maximum absolute atomic E-state index is 13.2. The van der Waals surface area contributed by atoms with Crippen molar-refractivity contribution in [2.24, 2.45) is 5.84 Å². The van der Waals surface area contributed by atoms with Crippen LogP contribution in [0.15, 0.2) is 42.7 Å². The number of halogens is 1. The fraction of sp³-hybridized carbons (Fsp3) is 0.267. The third-order valence-corrected chi connectivity index (χ3v) is 2.98. The predicted molar refractivity (Wildman–Crippen MR) is 75.6 cm³/mol. The fourth-order valence-electron chi connectivity index (χ4n) is 2.04. The van der Waals surface area contributed by atoms with Crippen LogP contribution in [0.25, 0.3) is 0 Å². The molecule has 0 amide bonds. The van der Waals surface area contributed by atoms with Gasteiger partial charge in [0, 0.05) is 6.20 Å². The number of benzene rings is 1. The van der Waals surface area contributed by atoms with Crippen LogP contribution in [0.5, 0.6) is 5.75 Å². The van der Waals surface area contributed by atoms with Crippen molar-refractivity contribution in [3.8, 4) is 5.75 Å². The highest BCUT2D eigenvalue weighted by Gasteiger charge is 2.12. The molecule has 0 bridgehead atoms. The average molecular weight is 275 g/mol. The van der Waals surface area contributed by atoms with Crippen molar-refractivity contribution in [3.63, 3.8) is 0 Å². The van der Waals surface area contributed by atoms with Gasteiger partial charge < -0.3 is 4.74 Å². The largest absolute Gasteiger partial charge is 0.492 e. The molecular formula is C15H18FN3O. The smallest absolute Gasteiger partial charge is 0.137 e. The Morgan fingerprint density at radius 2 is 2.20 bits per heavy atom. The van der Waals surface area contributed by atoms with Crippen LogP contribution < -0.4 is 16.0 Å². The molecule has 0 aliphatic carbocycles. The van der Waals surface area contributed by atoms with E-state index in [1.54, 1.807) is 18.5 Å². The lowest BCUT2D eigenvalue weighted by molar-refractivity contribution is 0.338. The summed E-state index contributed by atoms with van der Waals surface area (Å²) in [5.41, 5.74) is 4.51. The van der Waals surface area contributed by atoms with Crippen molar-refractivity contribution in [2.75, 3.05) is 6.61 Å². The maximum atomic E-state index is 13.2. The number of ether oxygens (including phenoxy) is 1. The molecule has 0 aliphatic rings. The van der Waals surface area contributed by atoms with E-state index in [9.17, 15) is 4.39 Å². The van der Waals surface area contributed by atoms with Crippen LogP contribution in [0, 0.1) is 5.82 Å². The number of aromatic nitrogens is 1. The highest BCUT2D eigenvalue weighted by atomic mass is 19.1. The van der Waals surface area contributed by atoms with E-state index in [-0.39, 0.29) is 11.9 Å². The number of nitrogens with zero attached hydrogens (tertiary/aromatic N) is 1. The third-order valence-electron chi connectivity index (χ3n) is 2.98. The van der Waals surface area contributed by atoms with E-state index in [1.807, 2.05) is 19.1 Å². The highest BCUT2D eigenvalue weighted by molar-refractivity contribution is 5.28. The lowest BCUT2D eigenvalue weighted by atomic mass is 10.0. The van der Waals surface area contributed by atoms with Crippen LogP contribution in [-0.4, -0.2) is 11.6 Å². The van der Waals surface area contributed by atoms with Gasteiger partial charge in [-0.1, -0.05) is 12.1 Å². The second-order valence-corrected chi connectivity index (χ2v) is 4.44. The summed E-state index contributed by atoms with van der Waals surface area (Å²) >= 11 is 0. The van der Waals surface area contributed by atoms with Crippen molar-refractivity contribution in [1.82, 2.24) is 10.4 Å². The number of rotatable bonds is 6. The molecule has 0 saturated carbocycles. The molecule has 0 saturated heterocycles. The number of hydrogen-bond acceptors (Lipinski definition) is 4. The quantitative estimate of drug-likeness (QED) is 0.627. The van der Waals surface area contributed by atoms with E-state index >= 15 is 0 Å². The SMILES string of the molecule is CCOc1cncc(C(Cc2cccc(F)c2)NN)c1. The summed E-state index contributed by atoms with van der Waals surface area (Å²) in [7, 11) is 0. The molecule has 1 aromatic heterocycles. The molecule has 5 heteroatoms. The highest BCUT2D eigenvalue weighted by Crippen LogP contribution is 2.21. The normalized spacial score (nSPS) is 12.2. The number of pyridine rings is 1. The molecule has 1 heterocycles. The number of nitrogens with one attached hydrogen (secondary N) is 1. The Bertz CT molecular complexity index is 562. The first-order valence-corrected chi connectivity index (χ1v) is 6.51. The monoisotopic (exact) mass is 275 g/mol. The first-order valence-electron chi connectivity index (χ1n) is 6.51. The molecule has 0 spiro atoms. The minimum Gasteiger partial charge on any atom is -0.492 e. The van der Waals surface area contributed by atoms with Crippen LogP contribution >= 0.6 is 0 Å². The van der Waals surface area contributed by atoms with Crippen LogP contribution in [0.2, 0.25) is 0 Å². The van der Waals surface area contributed by atoms with Crippen LogP contribution in [0.3, 0.4) is 0 Å². The molecule has 1 aromatic carbocycles. The number of nitrogens with two attached hydrogens (primary N) is 1. The Balaban J connectivity index is 2.17. The van der Waals surface area contributed by atoms with E-state index < -0.39 is 0 Å². The molecule has 20 heavy (non-hydrogen) atoms. The summed E-state index contributed by atoms with van der Waals surface area (Å²) in [6.45, 7) is 2.49. The van der Waals surface area contributed by atoms with Crippen LogP contribution in [0.4, 0.5) is 4.39 Å². The standard InChI is InChI=1S/C15H18FN3O/c1-2-20-14-8-12(9-18-10-14)15(19-17)7-11-4-3-5-13(16)6-11/h3-6,8-10,15,19H,2,7,17H2,1H3. The Morgan fingerprint density at radius 3 is 2.90 bits per heavy atom. The van der Waals surface area contributed by atoms with Gasteiger partial charge in [0.15, 0.2) is 0 Å². The Labute approximate surface area is 117 Å². The number of hydrazine groups is 1. The van der Waals surface area contributed by atoms with Gasteiger partial charge in [0.2, 0.25) is 0 Å². The maximum Gasteiger partial charge on any atom is 0.137 e. The molecular weight excluding hydrogens is 257 g/mol. The lowest BCUT2D eigenvalue weighted by Gasteiger charge is -2.17. The molecule has 0 radical (unpaired) electrons. The Morgan fingerprint density at radius 1 is 1.35 bits per heavy atom. The molecule has 1 atom stereocenters.